The van der Waals surface area contributed by atoms with E-state index in [4.69, 9.17) is 0 Å². The molecular formula is C15H22BrClF2N2. The van der Waals surface area contributed by atoms with Gasteiger partial charge in [0.15, 0.2) is 0 Å². The van der Waals surface area contributed by atoms with Gasteiger partial charge in [0, 0.05) is 37.8 Å². The molecular weight excluding hydrogens is 362 g/mol. The first-order chi connectivity index (χ1) is 9.50. The quantitative estimate of drug-likeness (QED) is 0.786. The topological polar surface area (TPSA) is 15.3 Å². The van der Waals surface area contributed by atoms with E-state index in [1.807, 2.05) is 0 Å². The van der Waals surface area contributed by atoms with Gasteiger partial charge < -0.3 is 5.32 Å². The lowest BCUT2D eigenvalue weighted by Gasteiger charge is -2.36. The fraction of sp³-hybridized carbons (Fsp3) is 0.600. The van der Waals surface area contributed by atoms with Crippen LogP contribution in [-0.4, -0.2) is 31.1 Å². The van der Waals surface area contributed by atoms with Gasteiger partial charge in [-0.1, -0.05) is 13.8 Å². The highest BCUT2D eigenvalue weighted by molar-refractivity contribution is 9.10. The van der Waals surface area contributed by atoms with Crippen molar-refractivity contribution in [2.24, 2.45) is 5.92 Å². The van der Waals surface area contributed by atoms with E-state index in [1.54, 1.807) is 0 Å². The summed E-state index contributed by atoms with van der Waals surface area (Å²) in [5.41, 5.74) is 0.204. The van der Waals surface area contributed by atoms with Crippen molar-refractivity contribution in [1.82, 2.24) is 10.2 Å². The highest BCUT2D eigenvalue weighted by Gasteiger charge is 2.28. The molecule has 1 atom stereocenters. The van der Waals surface area contributed by atoms with Gasteiger partial charge in [-0.25, -0.2) is 8.78 Å². The summed E-state index contributed by atoms with van der Waals surface area (Å²) in [4.78, 5) is 2.18. The van der Waals surface area contributed by atoms with Crippen LogP contribution in [0.3, 0.4) is 0 Å². The van der Waals surface area contributed by atoms with Gasteiger partial charge in [0.2, 0.25) is 0 Å². The second kappa shape index (κ2) is 8.42. The van der Waals surface area contributed by atoms with Crippen LogP contribution < -0.4 is 5.32 Å². The molecule has 1 aliphatic heterocycles. The smallest absolute Gasteiger partial charge is 0.145 e. The Morgan fingerprint density at radius 2 is 1.86 bits per heavy atom. The Morgan fingerprint density at radius 3 is 2.43 bits per heavy atom. The second-order valence-electron chi connectivity index (χ2n) is 5.69. The van der Waals surface area contributed by atoms with Crippen molar-refractivity contribution in [3.05, 3.63) is 33.8 Å². The largest absolute Gasteiger partial charge is 0.314 e. The summed E-state index contributed by atoms with van der Waals surface area (Å²) in [7, 11) is 0. The minimum absolute atomic E-state index is 0. The molecule has 0 aromatic heterocycles. The maximum atomic E-state index is 14.4. The molecule has 1 N–H and O–H groups in total. The molecule has 0 amide bonds. The van der Waals surface area contributed by atoms with Gasteiger partial charge in [0.25, 0.3) is 0 Å². The molecule has 1 aromatic carbocycles. The van der Waals surface area contributed by atoms with E-state index in [1.165, 1.54) is 12.1 Å². The van der Waals surface area contributed by atoms with Crippen molar-refractivity contribution in [2.45, 2.75) is 26.3 Å². The van der Waals surface area contributed by atoms with Crippen LogP contribution in [0.2, 0.25) is 0 Å². The maximum absolute atomic E-state index is 14.4. The number of rotatable bonds is 4. The van der Waals surface area contributed by atoms with Gasteiger partial charge in [-0.05, 0) is 40.4 Å². The summed E-state index contributed by atoms with van der Waals surface area (Å²) in [6.07, 6.45) is 0.754. The van der Waals surface area contributed by atoms with E-state index in [0.717, 1.165) is 32.6 Å². The SMILES string of the molecule is CC(C)C[C@@H](c1c(F)ccc(Br)c1F)N1CCNCC1.Cl. The number of piperazine rings is 1. The van der Waals surface area contributed by atoms with Gasteiger partial charge in [-0.15, -0.1) is 12.4 Å². The second-order valence-corrected chi connectivity index (χ2v) is 6.54. The first kappa shape index (κ1) is 18.8. The molecule has 0 bridgehead atoms. The van der Waals surface area contributed by atoms with Gasteiger partial charge in [0.1, 0.15) is 11.6 Å². The van der Waals surface area contributed by atoms with Crippen molar-refractivity contribution in [3.8, 4) is 0 Å². The Balaban J connectivity index is 0.00000220. The third kappa shape index (κ3) is 4.62. The highest BCUT2D eigenvalue weighted by atomic mass is 79.9. The van der Waals surface area contributed by atoms with E-state index in [0.29, 0.717) is 10.4 Å². The monoisotopic (exact) mass is 382 g/mol. The predicted molar refractivity (Wildman–Crippen MR) is 87.9 cm³/mol. The standard InChI is InChI=1S/C15H21BrF2N2.ClH/c1-10(2)9-13(20-7-5-19-6-8-20)14-12(17)4-3-11(16)15(14)18;/h3-4,10,13,19H,5-9H2,1-2H3;1H/t13-;/m0./s1. The Kier molecular flexibility index (Phi) is 7.54. The Hall–Kier alpha value is -0.230. The molecule has 0 aliphatic carbocycles. The first-order valence-corrected chi connectivity index (χ1v) is 7.88. The number of nitrogens with zero attached hydrogens (tertiary/aromatic N) is 1. The lowest BCUT2D eigenvalue weighted by atomic mass is 9.94. The van der Waals surface area contributed by atoms with Crippen molar-refractivity contribution >= 4 is 28.3 Å². The molecule has 21 heavy (non-hydrogen) atoms. The molecule has 0 radical (unpaired) electrons. The van der Waals surface area contributed by atoms with Crippen LogP contribution in [0.25, 0.3) is 0 Å². The van der Waals surface area contributed by atoms with Crippen LogP contribution in [-0.2, 0) is 0 Å². The van der Waals surface area contributed by atoms with Crippen molar-refractivity contribution in [3.63, 3.8) is 0 Å². The number of nitrogens with one attached hydrogen (secondary N) is 1. The third-order valence-electron chi connectivity index (χ3n) is 3.70. The van der Waals surface area contributed by atoms with E-state index in [9.17, 15) is 8.78 Å². The summed E-state index contributed by atoms with van der Waals surface area (Å²) >= 11 is 3.17. The third-order valence-corrected chi connectivity index (χ3v) is 4.31. The zero-order chi connectivity index (χ0) is 14.7. The molecule has 6 heteroatoms. The molecule has 1 heterocycles. The fourth-order valence-electron chi connectivity index (χ4n) is 2.74. The van der Waals surface area contributed by atoms with Gasteiger partial charge in [-0.3, -0.25) is 4.90 Å². The van der Waals surface area contributed by atoms with Gasteiger partial charge in [-0.2, -0.15) is 0 Å². The van der Waals surface area contributed by atoms with Crippen LogP contribution in [0.4, 0.5) is 8.78 Å². The number of hydrogen-bond acceptors (Lipinski definition) is 2. The fourth-order valence-corrected chi connectivity index (χ4v) is 3.08. The molecule has 0 unspecified atom stereocenters. The molecule has 0 saturated carbocycles. The minimum atomic E-state index is -0.464. The maximum Gasteiger partial charge on any atom is 0.145 e. The summed E-state index contributed by atoms with van der Waals surface area (Å²) in [6.45, 7) is 7.55. The molecule has 2 nitrogen and oxygen atoms in total. The number of benzene rings is 1. The average molecular weight is 384 g/mol. The van der Waals surface area contributed by atoms with Crippen LogP contribution in [0, 0.1) is 17.6 Å². The lowest BCUT2D eigenvalue weighted by molar-refractivity contribution is 0.147. The zero-order valence-corrected chi connectivity index (χ0v) is 14.7. The van der Waals surface area contributed by atoms with E-state index in [-0.39, 0.29) is 24.0 Å². The minimum Gasteiger partial charge on any atom is -0.314 e. The van der Waals surface area contributed by atoms with Crippen molar-refractivity contribution < 1.29 is 8.78 Å². The molecule has 0 spiro atoms. The summed E-state index contributed by atoms with van der Waals surface area (Å²) in [5, 5.41) is 3.28. The number of hydrogen-bond donors (Lipinski definition) is 1. The Bertz CT molecular complexity index is 465. The predicted octanol–water partition coefficient (Wildman–Crippen LogP) is 4.14. The van der Waals surface area contributed by atoms with Crippen LogP contribution in [0.15, 0.2) is 16.6 Å². The van der Waals surface area contributed by atoms with E-state index in [2.05, 4.69) is 40.0 Å². The van der Waals surface area contributed by atoms with Crippen LogP contribution in [0.5, 0.6) is 0 Å². The Morgan fingerprint density at radius 1 is 1.24 bits per heavy atom. The first-order valence-electron chi connectivity index (χ1n) is 7.09. The molecule has 1 saturated heterocycles. The lowest BCUT2D eigenvalue weighted by Crippen LogP contribution is -2.45. The van der Waals surface area contributed by atoms with Crippen LogP contribution in [0.1, 0.15) is 31.9 Å². The zero-order valence-electron chi connectivity index (χ0n) is 12.3. The normalized spacial score (nSPS) is 17.6. The average Bonchev–Trinajstić information content (AvgIpc) is 2.43. The van der Waals surface area contributed by atoms with Crippen molar-refractivity contribution in [1.29, 1.82) is 0 Å². The molecule has 120 valence electrons. The van der Waals surface area contributed by atoms with Gasteiger partial charge in [0.05, 0.1) is 4.47 Å². The highest BCUT2D eigenvalue weighted by Crippen LogP contribution is 2.34. The molecule has 1 aromatic rings. The summed E-state index contributed by atoms with van der Waals surface area (Å²) in [5.74, 6) is -0.531. The summed E-state index contributed by atoms with van der Waals surface area (Å²) in [6, 6.07) is 2.57. The van der Waals surface area contributed by atoms with Crippen LogP contribution >= 0.6 is 28.3 Å². The molecule has 1 fully saturated rings. The van der Waals surface area contributed by atoms with Gasteiger partial charge >= 0.3 is 0 Å². The van der Waals surface area contributed by atoms with E-state index < -0.39 is 11.6 Å². The van der Waals surface area contributed by atoms with E-state index >= 15 is 0 Å². The molecule has 1 aliphatic rings. The Labute approximate surface area is 139 Å². The van der Waals surface area contributed by atoms with Crippen molar-refractivity contribution in [2.75, 3.05) is 26.2 Å². The molecule has 2 rings (SSSR count). The number of halogens is 4. The summed E-state index contributed by atoms with van der Waals surface area (Å²) < 4.78 is 28.9.